The minimum Gasteiger partial charge on any atom is -0.463 e. The van der Waals surface area contributed by atoms with E-state index in [0.717, 1.165) is 5.56 Å². The van der Waals surface area contributed by atoms with E-state index in [9.17, 15) is 19.5 Å². The highest BCUT2D eigenvalue weighted by atomic mass is 16.6. The SMILES string of the molecule is CCOC(=O)C(O)(C(=O)OCC)C(CC(=O)c1ccc(C)cc1)c1ccccc1. The van der Waals surface area contributed by atoms with E-state index in [2.05, 4.69) is 0 Å². The summed E-state index contributed by atoms with van der Waals surface area (Å²) in [7, 11) is 0. The van der Waals surface area contributed by atoms with Crippen molar-refractivity contribution in [3.05, 3.63) is 71.3 Å². The maximum Gasteiger partial charge on any atom is 0.350 e. The average Bonchev–Trinajstić information content (AvgIpc) is 2.72. The summed E-state index contributed by atoms with van der Waals surface area (Å²) < 4.78 is 9.96. The Morgan fingerprint density at radius 3 is 1.90 bits per heavy atom. The Labute approximate surface area is 170 Å². The van der Waals surface area contributed by atoms with Gasteiger partial charge in [-0.15, -0.1) is 0 Å². The lowest BCUT2D eigenvalue weighted by Gasteiger charge is -2.32. The predicted octanol–water partition coefficient (Wildman–Crippen LogP) is 3.21. The van der Waals surface area contributed by atoms with Gasteiger partial charge < -0.3 is 14.6 Å². The molecule has 154 valence electrons. The number of benzene rings is 2. The van der Waals surface area contributed by atoms with Crippen LogP contribution in [0.5, 0.6) is 0 Å². The number of Topliss-reactive ketones (excluding diaryl/α,β-unsaturated/α-hetero) is 1. The van der Waals surface area contributed by atoms with E-state index >= 15 is 0 Å². The van der Waals surface area contributed by atoms with Crippen LogP contribution in [0.1, 0.15) is 47.7 Å². The van der Waals surface area contributed by atoms with Crippen LogP contribution in [0, 0.1) is 6.92 Å². The molecule has 0 amide bonds. The maximum atomic E-state index is 12.9. The molecule has 0 saturated heterocycles. The third kappa shape index (κ3) is 5.09. The highest BCUT2D eigenvalue weighted by Gasteiger charge is 2.54. The quantitative estimate of drug-likeness (QED) is 0.396. The largest absolute Gasteiger partial charge is 0.463 e. The molecule has 0 saturated carbocycles. The van der Waals surface area contributed by atoms with E-state index in [0.29, 0.717) is 11.1 Å². The van der Waals surface area contributed by atoms with Crippen LogP contribution < -0.4 is 0 Å². The molecule has 1 unspecified atom stereocenters. The van der Waals surface area contributed by atoms with E-state index in [-0.39, 0.29) is 25.4 Å². The molecule has 6 heteroatoms. The fraction of sp³-hybridized carbons (Fsp3) is 0.348. The first-order valence-electron chi connectivity index (χ1n) is 9.56. The van der Waals surface area contributed by atoms with Crippen molar-refractivity contribution in [1.29, 1.82) is 0 Å². The van der Waals surface area contributed by atoms with Gasteiger partial charge in [0.1, 0.15) is 0 Å². The number of ether oxygens (including phenoxy) is 2. The van der Waals surface area contributed by atoms with Crippen molar-refractivity contribution in [2.75, 3.05) is 13.2 Å². The number of aliphatic hydroxyl groups is 1. The molecule has 0 heterocycles. The molecule has 0 aliphatic carbocycles. The van der Waals surface area contributed by atoms with Crippen molar-refractivity contribution >= 4 is 17.7 Å². The van der Waals surface area contributed by atoms with Crippen LogP contribution in [0.15, 0.2) is 54.6 Å². The highest BCUT2D eigenvalue weighted by molar-refractivity contribution is 6.06. The Balaban J connectivity index is 2.51. The van der Waals surface area contributed by atoms with Crippen molar-refractivity contribution in [3.63, 3.8) is 0 Å². The van der Waals surface area contributed by atoms with E-state index in [1.54, 1.807) is 68.4 Å². The zero-order valence-corrected chi connectivity index (χ0v) is 16.9. The second-order valence-electron chi connectivity index (χ2n) is 6.66. The van der Waals surface area contributed by atoms with Crippen LogP contribution in [-0.2, 0) is 19.1 Å². The average molecular weight is 398 g/mol. The highest BCUT2D eigenvalue weighted by Crippen LogP contribution is 2.35. The van der Waals surface area contributed by atoms with Gasteiger partial charge in [0, 0.05) is 17.9 Å². The number of carbonyl (C=O) groups is 3. The molecule has 0 bridgehead atoms. The molecular formula is C23H26O6. The van der Waals surface area contributed by atoms with Gasteiger partial charge in [0.05, 0.1) is 13.2 Å². The Hall–Kier alpha value is -2.99. The number of esters is 2. The Kier molecular flexibility index (Phi) is 7.67. The van der Waals surface area contributed by atoms with Gasteiger partial charge in [0.15, 0.2) is 5.78 Å². The third-order valence-corrected chi connectivity index (χ3v) is 4.64. The molecule has 1 atom stereocenters. The molecule has 0 aliphatic rings. The lowest BCUT2D eigenvalue weighted by molar-refractivity contribution is -0.186. The monoisotopic (exact) mass is 398 g/mol. The molecule has 0 aliphatic heterocycles. The lowest BCUT2D eigenvalue weighted by Crippen LogP contribution is -2.54. The van der Waals surface area contributed by atoms with Crippen LogP contribution >= 0.6 is 0 Å². The first-order chi connectivity index (χ1) is 13.8. The van der Waals surface area contributed by atoms with Crippen LogP contribution in [0.2, 0.25) is 0 Å². The molecule has 0 radical (unpaired) electrons. The van der Waals surface area contributed by atoms with Crippen molar-refractivity contribution in [1.82, 2.24) is 0 Å². The topological polar surface area (TPSA) is 89.9 Å². The zero-order valence-electron chi connectivity index (χ0n) is 16.9. The Morgan fingerprint density at radius 2 is 1.41 bits per heavy atom. The zero-order chi connectivity index (χ0) is 21.4. The number of hydrogen-bond acceptors (Lipinski definition) is 6. The number of ketones is 1. The first-order valence-corrected chi connectivity index (χ1v) is 9.56. The van der Waals surface area contributed by atoms with Gasteiger partial charge in [0.2, 0.25) is 0 Å². The maximum absolute atomic E-state index is 12.9. The van der Waals surface area contributed by atoms with Crippen molar-refractivity contribution < 1.29 is 29.0 Å². The van der Waals surface area contributed by atoms with Gasteiger partial charge in [-0.1, -0.05) is 60.2 Å². The smallest absolute Gasteiger partial charge is 0.350 e. The van der Waals surface area contributed by atoms with Crippen molar-refractivity contribution in [2.45, 2.75) is 38.7 Å². The molecule has 1 N–H and O–H groups in total. The summed E-state index contributed by atoms with van der Waals surface area (Å²) in [4.78, 5) is 38.3. The van der Waals surface area contributed by atoms with Crippen LogP contribution in [0.3, 0.4) is 0 Å². The molecule has 6 nitrogen and oxygen atoms in total. The molecular weight excluding hydrogens is 372 g/mol. The number of hydrogen-bond donors (Lipinski definition) is 1. The van der Waals surface area contributed by atoms with Gasteiger partial charge in [-0.05, 0) is 26.3 Å². The van der Waals surface area contributed by atoms with Crippen LogP contribution in [0.25, 0.3) is 0 Å². The summed E-state index contributed by atoms with van der Waals surface area (Å²) in [6.07, 6.45) is -0.277. The first kappa shape index (κ1) is 22.3. The number of carbonyl (C=O) groups excluding carboxylic acids is 3. The lowest BCUT2D eigenvalue weighted by atomic mass is 9.77. The molecule has 2 aromatic carbocycles. The van der Waals surface area contributed by atoms with Crippen LogP contribution in [0.4, 0.5) is 0 Å². The summed E-state index contributed by atoms with van der Waals surface area (Å²) >= 11 is 0. The molecule has 2 aromatic rings. The van der Waals surface area contributed by atoms with Gasteiger partial charge in [-0.3, -0.25) is 4.79 Å². The molecule has 0 aromatic heterocycles. The Morgan fingerprint density at radius 1 is 0.897 bits per heavy atom. The fourth-order valence-electron chi connectivity index (χ4n) is 3.08. The minimum absolute atomic E-state index is 0.0338. The third-order valence-electron chi connectivity index (χ3n) is 4.64. The summed E-state index contributed by atoms with van der Waals surface area (Å²) in [6, 6.07) is 15.4. The van der Waals surface area contributed by atoms with E-state index in [1.165, 1.54) is 0 Å². The second kappa shape index (κ2) is 9.98. The van der Waals surface area contributed by atoms with E-state index in [1.807, 2.05) is 6.92 Å². The van der Waals surface area contributed by atoms with Crippen molar-refractivity contribution in [2.24, 2.45) is 0 Å². The second-order valence-corrected chi connectivity index (χ2v) is 6.66. The minimum atomic E-state index is -2.65. The summed E-state index contributed by atoms with van der Waals surface area (Å²) in [5, 5.41) is 11.3. The molecule has 2 rings (SSSR count). The normalized spacial score (nSPS) is 12.1. The van der Waals surface area contributed by atoms with Gasteiger partial charge in [-0.25, -0.2) is 9.59 Å². The molecule has 29 heavy (non-hydrogen) atoms. The van der Waals surface area contributed by atoms with Gasteiger partial charge in [-0.2, -0.15) is 0 Å². The Bertz CT molecular complexity index is 823. The fourth-order valence-corrected chi connectivity index (χ4v) is 3.08. The standard InChI is InChI=1S/C23H26O6/c1-4-28-21(25)23(27,22(26)29-5-2)19(17-9-7-6-8-10-17)15-20(24)18-13-11-16(3)12-14-18/h6-14,19,27H,4-5,15H2,1-3H3. The molecule has 0 spiro atoms. The van der Waals surface area contributed by atoms with E-state index in [4.69, 9.17) is 9.47 Å². The summed E-state index contributed by atoms with van der Waals surface area (Å²) in [6.45, 7) is 4.97. The van der Waals surface area contributed by atoms with E-state index < -0.39 is 23.5 Å². The predicted molar refractivity (Wildman–Crippen MR) is 108 cm³/mol. The summed E-state index contributed by atoms with van der Waals surface area (Å²) in [5.74, 6) is -3.76. The van der Waals surface area contributed by atoms with Crippen molar-refractivity contribution in [3.8, 4) is 0 Å². The van der Waals surface area contributed by atoms with Crippen LogP contribution in [-0.4, -0.2) is 41.6 Å². The summed E-state index contributed by atoms with van der Waals surface area (Å²) in [5.41, 5.74) is -0.771. The molecule has 0 fully saturated rings. The van der Waals surface area contributed by atoms with Gasteiger partial charge >= 0.3 is 11.9 Å². The number of rotatable bonds is 9. The number of aryl methyl sites for hydroxylation is 1. The van der Waals surface area contributed by atoms with Gasteiger partial charge in [0.25, 0.3) is 5.60 Å².